The molecule has 0 saturated carbocycles. The first-order valence-electron chi connectivity index (χ1n) is 9.70. The van der Waals surface area contributed by atoms with Crippen molar-refractivity contribution in [3.8, 4) is 0 Å². The zero-order chi connectivity index (χ0) is 21.3. The van der Waals surface area contributed by atoms with Gasteiger partial charge in [-0.3, -0.25) is 4.68 Å². The van der Waals surface area contributed by atoms with Crippen molar-refractivity contribution in [1.82, 2.24) is 14.8 Å². The summed E-state index contributed by atoms with van der Waals surface area (Å²) in [5, 5.41) is 4.47. The molecular formula is C22H27F3N4. The molecule has 0 spiro atoms. The summed E-state index contributed by atoms with van der Waals surface area (Å²) < 4.78 is 41.2. The standard InChI is InChI=1S/C17H21F3N2.C5H6N2/c1-3-7-13(11-14(8-4-2)17(18,19)20)16-12-15-9-5-6-10-22(15)21-16;6-5-3-1-2-4-7-5/h3,7-8,11-12H,4-6,9-10H2,1-2H3;1-4H,(H2,6,7)/b7-3-,13-11+,14-8-;. The first-order chi connectivity index (χ1) is 13.8. The van der Waals surface area contributed by atoms with Gasteiger partial charge in [0.2, 0.25) is 0 Å². The molecule has 7 heteroatoms. The lowest BCUT2D eigenvalue weighted by atomic mass is 10.0. The molecule has 3 heterocycles. The second-order valence-corrected chi connectivity index (χ2v) is 6.62. The normalized spacial score (nSPS) is 15.1. The first-order valence-corrected chi connectivity index (χ1v) is 9.70. The third-order valence-electron chi connectivity index (χ3n) is 4.31. The van der Waals surface area contributed by atoms with Gasteiger partial charge in [-0.1, -0.05) is 31.2 Å². The minimum absolute atomic E-state index is 0.341. The Balaban J connectivity index is 0.000000360. The van der Waals surface area contributed by atoms with Gasteiger partial charge in [0.25, 0.3) is 0 Å². The molecule has 3 rings (SSSR count). The van der Waals surface area contributed by atoms with E-state index in [1.54, 1.807) is 38.3 Å². The van der Waals surface area contributed by atoms with Gasteiger partial charge in [-0.25, -0.2) is 4.98 Å². The number of anilines is 1. The van der Waals surface area contributed by atoms with Crippen LogP contribution in [0, 0.1) is 0 Å². The Labute approximate surface area is 169 Å². The molecule has 1 aliphatic rings. The van der Waals surface area contributed by atoms with E-state index >= 15 is 0 Å². The van der Waals surface area contributed by atoms with Crippen LogP contribution in [0.2, 0.25) is 0 Å². The van der Waals surface area contributed by atoms with Gasteiger partial charge >= 0.3 is 6.18 Å². The van der Waals surface area contributed by atoms with Crippen LogP contribution in [0.4, 0.5) is 19.0 Å². The Morgan fingerprint density at radius 2 is 2.07 bits per heavy atom. The van der Waals surface area contributed by atoms with Crippen LogP contribution in [0.15, 0.2) is 60.3 Å². The summed E-state index contributed by atoms with van der Waals surface area (Å²) in [6.45, 7) is 4.33. The second-order valence-electron chi connectivity index (χ2n) is 6.62. The number of hydrogen-bond acceptors (Lipinski definition) is 3. The topological polar surface area (TPSA) is 56.7 Å². The molecule has 156 valence electrons. The largest absolute Gasteiger partial charge is 0.416 e. The van der Waals surface area contributed by atoms with Gasteiger partial charge in [-0.05, 0) is 56.9 Å². The Hall–Kier alpha value is -2.83. The number of hydrogen-bond donors (Lipinski definition) is 1. The maximum atomic E-state index is 13.1. The van der Waals surface area contributed by atoms with Crippen molar-refractivity contribution in [2.75, 3.05) is 5.73 Å². The highest BCUT2D eigenvalue weighted by atomic mass is 19.4. The minimum atomic E-state index is -4.35. The molecule has 0 atom stereocenters. The fourth-order valence-electron chi connectivity index (χ4n) is 2.97. The van der Waals surface area contributed by atoms with Crippen molar-refractivity contribution in [3.63, 3.8) is 0 Å². The highest BCUT2D eigenvalue weighted by Crippen LogP contribution is 2.30. The second kappa shape index (κ2) is 10.6. The Bertz CT molecular complexity index is 838. The van der Waals surface area contributed by atoms with Crippen molar-refractivity contribution in [2.45, 2.75) is 52.3 Å². The molecule has 0 amide bonds. The monoisotopic (exact) mass is 404 g/mol. The number of rotatable bonds is 4. The van der Waals surface area contributed by atoms with Gasteiger partial charge in [-0.2, -0.15) is 18.3 Å². The smallest absolute Gasteiger partial charge is 0.384 e. The summed E-state index contributed by atoms with van der Waals surface area (Å²) >= 11 is 0. The molecule has 2 aromatic rings. The van der Waals surface area contributed by atoms with Crippen LogP contribution in [0.5, 0.6) is 0 Å². The van der Waals surface area contributed by atoms with Crippen LogP contribution in [0.3, 0.4) is 0 Å². The van der Waals surface area contributed by atoms with Crippen LogP contribution < -0.4 is 5.73 Å². The average Bonchev–Trinajstić information content (AvgIpc) is 3.11. The van der Waals surface area contributed by atoms with E-state index in [9.17, 15) is 13.2 Å². The molecule has 0 bridgehead atoms. The van der Waals surface area contributed by atoms with E-state index < -0.39 is 11.7 Å². The lowest BCUT2D eigenvalue weighted by molar-refractivity contribution is -0.0883. The molecule has 0 unspecified atom stereocenters. The van der Waals surface area contributed by atoms with Gasteiger partial charge in [0, 0.05) is 24.0 Å². The highest BCUT2D eigenvalue weighted by Gasteiger charge is 2.32. The lowest BCUT2D eigenvalue weighted by Crippen LogP contribution is -2.11. The third kappa shape index (κ3) is 6.93. The molecular weight excluding hydrogens is 377 g/mol. The minimum Gasteiger partial charge on any atom is -0.384 e. The molecule has 0 fully saturated rings. The third-order valence-corrected chi connectivity index (χ3v) is 4.31. The van der Waals surface area contributed by atoms with Gasteiger partial charge in [0.1, 0.15) is 5.82 Å². The SMILES string of the molecule is C\C=C/C(=C\C(=C\CC)C(F)(F)F)c1cc2n(n1)CCCC2.Nc1ccccn1. The number of pyridine rings is 1. The summed E-state index contributed by atoms with van der Waals surface area (Å²) in [6.07, 6.45) is 6.60. The lowest BCUT2D eigenvalue weighted by Gasteiger charge is -2.11. The number of nitrogen functional groups attached to an aromatic ring is 1. The van der Waals surface area contributed by atoms with Crippen molar-refractivity contribution in [3.05, 3.63) is 71.7 Å². The van der Waals surface area contributed by atoms with E-state index in [4.69, 9.17) is 5.73 Å². The molecule has 4 nitrogen and oxygen atoms in total. The van der Waals surface area contributed by atoms with Crippen molar-refractivity contribution in [2.24, 2.45) is 0 Å². The molecule has 0 saturated heterocycles. The van der Waals surface area contributed by atoms with E-state index in [2.05, 4.69) is 10.1 Å². The Morgan fingerprint density at radius 1 is 1.28 bits per heavy atom. The van der Waals surface area contributed by atoms with Crippen LogP contribution >= 0.6 is 0 Å². The molecule has 0 aromatic carbocycles. The average molecular weight is 404 g/mol. The zero-order valence-electron chi connectivity index (χ0n) is 16.8. The number of nitrogens with zero attached hydrogens (tertiary/aromatic N) is 3. The first kappa shape index (κ1) is 22.5. The molecule has 0 aliphatic carbocycles. The van der Waals surface area contributed by atoms with Crippen molar-refractivity contribution < 1.29 is 13.2 Å². The Morgan fingerprint density at radius 3 is 2.59 bits per heavy atom. The number of alkyl halides is 3. The predicted molar refractivity (Wildman–Crippen MR) is 111 cm³/mol. The van der Waals surface area contributed by atoms with Gasteiger partial charge in [0.15, 0.2) is 0 Å². The number of aryl methyl sites for hydroxylation is 2. The number of allylic oxidation sites excluding steroid dienone is 6. The number of fused-ring (bicyclic) bond motifs is 1. The molecule has 0 radical (unpaired) electrons. The van der Waals surface area contributed by atoms with E-state index in [-0.39, 0.29) is 0 Å². The van der Waals surface area contributed by atoms with Crippen LogP contribution in [0.1, 0.15) is 44.5 Å². The zero-order valence-corrected chi connectivity index (χ0v) is 16.8. The summed E-state index contributed by atoms with van der Waals surface area (Å²) in [7, 11) is 0. The molecule has 29 heavy (non-hydrogen) atoms. The summed E-state index contributed by atoms with van der Waals surface area (Å²) in [4.78, 5) is 3.76. The highest BCUT2D eigenvalue weighted by molar-refractivity contribution is 5.74. The number of nitrogens with two attached hydrogens (primary N) is 1. The summed E-state index contributed by atoms with van der Waals surface area (Å²) in [5.74, 6) is 0.572. The van der Waals surface area contributed by atoms with Crippen LogP contribution in [0.25, 0.3) is 5.57 Å². The number of halogens is 3. The van der Waals surface area contributed by atoms with E-state index in [1.165, 1.54) is 12.2 Å². The molecule has 2 N–H and O–H groups in total. The Kier molecular flexibility index (Phi) is 8.24. The van der Waals surface area contributed by atoms with Crippen LogP contribution in [-0.4, -0.2) is 20.9 Å². The predicted octanol–water partition coefficient (Wildman–Crippen LogP) is 5.74. The molecule has 2 aromatic heterocycles. The fraction of sp³-hybridized carbons (Fsp3) is 0.364. The van der Waals surface area contributed by atoms with Crippen molar-refractivity contribution in [1.29, 1.82) is 0 Å². The summed E-state index contributed by atoms with van der Waals surface area (Å²) in [5.41, 5.74) is 6.85. The quantitative estimate of drug-likeness (QED) is 0.661. The van der Waals surface area contributed by atoms with Gasteiger partial charge in [-0.15, -0.1) is 0 Å². The molecule has 1 aliphatic heterocycles. The van der Waals surface area contributed by atoms with E-state index in [0.29, 0.717) is 23.5 Å². The van der Waals surface area contributed by atoms with Crippen LogP contribution in [-0.2, 0) is 13.0 Å². The maximum Gasteiger partial charge on any atom is 0.416 e. The van der Waals surface area contributed by atoms with Gasteiger partial charge in [0.05, 0.1) is 11.3 Å². The number of aromatic nitrogens is 3. The van der Waals surface area contributed by atoms with E-state index in [0.717, 1.165) is 31.5 Å². The van der Waals surface area contributed by atoms with Gasteiger partial charge < -0.3 is 5.73 Å². The van der Waals surface area contributed by atoms with Crippen molar-refractivity contribution >= 4 is 11.4 Å². The summed E-state index contributed by atoms with van der Waals surface area (Å²) in [6, 6.07) is 7.34. The fourth-order valence-corrected chi connectivity index (χ4v) is 2.97. The maximum absolute atomic E-state index is 13.1. The van der Waals surface area contributed by atoms with E-state index in [1.807, 2.05) is 22.9 Å².